The first kappa shape index (κ1) is 10.5. The van der Waals surface area contributed by atoms with Crippen molar-refractivity contribution in [1.29, 1.82) is 0 Å². The van der Waals surface area contributed by atoms with Crippen LogP contribution in [0.2, 0.25) is 0 Å². The standard InChI is InChI=1S/C12H12O4/c1-2-15-11(13)7-8-3-4-10-9(12(8)14)5-6-16-10/h3-6,14H,2,7H2,1H3. The minimum atomic E-state index is -0.347. The molecule has 0 radical (unpaired) electrons. The van der Waals surface area contributed by atoms with Gasteiger partial charge in [0.25, 0.3) is 0 Å². The van der Waals surface area contributed by atoms with Crippen molar-refractivity contribution in [2.45, 2.75) is 13.3 Å². The number of furan rings is 1. The lowest BCUT2D eigenvalue weighted by Gasteiger charge is -2.04. The summed E-state index contributed by atoms with van der Waals surface area (Å²) in [5.74, 6) is -0.264. The molecule has 0 aliphatic heterocycles. The Morgan fingerprint density at radius 3 is 3.00 bits per heavy atom. The Morgan fingerprint density at radius 2 is 2.25 bits per heavy atom. The van der Waals surface area contributed by atoms with Crippen LogP contribution >= 0.6 is 0 Å². The maximum Gasteiger partial charge on any atom is 0.310 e. The summed E-state index contributed by atoms with van der Waals surface area (Å²) in [5.41, 5.74) is 1.15. The number of fused-ring (bicyclic) bond motifs is 1. The molecule has 0 fully saturated rings. The normalized spacial score (nSPS) is 10.6. The van der Waals surface area contributed by atoms with E-state index in [1.54, 1.807) is 25.1 Å². The first-order chi connectivity index (χ1) is 7.72. The molecule has 1 aromatic carbocycles. The summed E-state index contributed by atoms with van der Waals surface area (Å²) >= 11 is 0. The average Bonchev–Trinajstić information content (AvgIpc) is 2.71. The molecule has 0 saturated carbocycles. The molecule has 0 amide bonds. The maximum atomic E-state index is 11.3. The monoisotopic (exact) mass is 220 g/mol. The summed E-state index contributed by atoms with van der Waals surface area (Å²) in [4.78, 5) is 11.3. The van der Waals surface area contributed by atoms with Crippen LogP contribution in [0.5, 0.6) is 5.75 Å². The Balaban J connectivity index is 2.30. The first-order valence-electron chi connectivity index (χ1n) is 5.06. The molecule has 4 nitrogen and oxygen atoms in total. The molecular formula is C12H12O4. The van der Waals surface area contributed by atoms with E-state index in [4.69, 9.17) is 9.15 Å². The van der Waals surface area contributed by atoms with Crippen molar-refractivity contribution in [3.63, 3.8) is 0 Å². The molecule has 0 aliphatic rings. The number of hydrogen-bond acceptors (Lipinski definition) is 4. The van der Waals surface area contributed by atoms with Crippen LogP contribution in [0, 0.1) is 0 Å². The topological polar surface area (TPSA) is 59.7 Å². The molecule has 1 N–H and O–H groups in total. The van der Waals surface area contributed by atoms with E-state index in [9.17, 15) is 9.90 Å². The van der Waals surface area contributed by atoms with Gasteiger partial charge in [0.15, 0.2) is 0 Å². The molecule has 0 bridgehead atoms. The number of carbonyl (C=O) groups excluding carboxylic acids is 1. The zero-order valence-electron chi connectivity index (χ0n) is 8.90. The minimum absolute atomic E-state index is 0.0702. The number of phenols is 1. The first-order valence-corrected chi connectivity index (χ1v) is 5.06. The number of hydrogen-bond donors (Lipinski definition) is 1. The number of esters is 1. The van der Waals surface area contributed by atoms with Crippen molar-refractivity contribution in [2.75, 3.05) is 6.61 Å². The van der Waals surface area contributed by atoms with Crippen LogP contribution in [0.15, 0.2) is 28.9 Å². The summed E-state index contributed by atoms with van der Waals surface area (Å²) < 4.78 is 9.95. The van der Waals surface area contributed by atoms with E-state index in [0.717, 1.165) is 0 Å². The number of ether oxygens (including phenoxy) is 1. The van der Waals surface area contributed by atoms with Crippen molar-refractivity contribution < 1.29 is 19.1 Å². The third-order valence-corrected chi connectivity index (χ3v) is 2.33. The zero-order chi connectivity index (χ0) is 11.5. The SMILES string of the molecule is CCOC(=O)Cc1ccc2occc2c1O. The number of rotatable bonds is 3. The van der Waals surface area contributed by atoms with Crippen LogP contribution in [0.4, 0.5) is 0 Å². The number of aromatic hydroxyl groups is 1. The van der Waals surface area contributed by atoms with Gasteiger partial charge in [0.05, 0.1) is 24.7 Å². The van der Waals surface area contributed by atoms with Crippen LogP contribution in [0.1, 0.15) is 12.5 Å². The molecule has 0 atom stereocenters. The van der Waals surface area contributed by atoms with Gasteiger partial charge in [-0.05, 0) is 19.1 Å². The van der Waals surface area contributed by atoms with Crippen LogP contribution in [0.3, 0.4) is 0 Å². The molecule has 2 rings (SSSR count). The van der Waals surface area contributed by atoms with Gasteiger partial charge in [-0.2, -0.15) is 0 Å². The second kappa shape index (κ2) is 4.26. The van der Waals surface area contributed by atoms with Crippen molar-refractivity contribution in [2.24, 2.45) is 0 Å². The third-order valence-electron chi connectivity index (χ3n) is 2.33. The summed E-state index contributed by atoms with van der Waals surface area (Å²) in [5, 5.41) is 10.5. The molecule has 1 aromatic heterocycles. The number of benzene rings is 1. The van der Waals surface area contributed by atoms with Gasteiger partial charge in [-0.25, -0.2) is 0 Å². The van der Waals surface area contributed by atoms with Gasteiger partial charge in [0.2, 0.25) is 0 Å². The zero-order valence-corrected chi connectivity index (χ0v) is 8.90. The van der Waals surface area contributed by atoms with E-state index in [1.165, 1.54) is 6.26 Å². The smallest absolute Gasteiger partial charge is 0.310 e. The van der Waals surface area contributed by atoms with Gasteiger partial charge in [0.1, 0.15) is 11.3 Å². The minimum Gasteiger partial charge on any atom is -0.507 e. The molecule has 4 heteroatoms. The lowest BCUT2D eigenvalue weighted by atomic mass is 10.1. The van der Waals surface area contributed by atoms with Gasteiger partial charge >= 0.3 is 5.97 Å². The van der Waals surface area contributed by atoms with Crippen LogP contribution in [-0.4, -0.2) is 17.7 Å². The highest BCUT2D eigenvalue weighted by molar-refractivity contribution is 5.87. The average molecular weight is 220 g/mol. The summed E-state index contributed by atoms with van der Waals surface area (Å²) in [6.45, 7) is 2.09. The summed E-state index contributed by atoms with van der Waals surface area (Å²) in [6, 6.07) is 5.06. The third kappa shape index (κ3) is 1.86. The molecular weight excluding hydrogens is 208 g/mol. The van der Waals surface area contributed by atoms with Gasteiger partial charge in [-0.15, -0.1) is 0 Å². The van der Waals surface area contributed by atoms with E-state index >= 15 is 0 Å². The van der Waals surface area contributed by atoms with Crippen LogP contribution < -0.4 is 0 Å². The molecule has 84 valence electrons. The lowest BCUT2D eigenvalue weighted by molar-refractivity contribution is -0.142. The fraction of sp³-hybridized carbons (Fsp3) is 0.250. The van der Waals surface area contributed by atoms with Crippen molar-refractivity contribution >= 4 is 16.9 Å². The van der Waals surface area contributed by atoms with Gasteiger partial charge in [0, 0.05) is 5.56 Å². The molecule has 2 aromatic rings. The molecule has 16 heavy (non-hydrogen) atoms. The molecule has 0 spiro atoms. The van der Waals surface area contributed by atoms with Gasteiger partial charge < -0.3 is 14.3 Å². The molecule has 0 unspecified atom stereocenters. The highest BCUT2D eigenvalue weighted by Gasteiger charge is 2.12. The van der Waals surface area contributed by atoms with Gasteiger partial charge in [-0.1, -0.05) is 6.07 Å². The second-order valence-electron chi connectivity index (χ2n) is 3.39. The Labute approximate surface area is 92.4 Å². The molecule has 0 saturated heterocycles. The highest BCUT2D eigenvalue weighted by Crippen LogP contribution is 2.29. The van der Waals surface area contributed by atoms with Crippen molar-refractivity contribution in [3.8, 4) is 5.75 Å². The summed E-state index contributed by atoms with van der Waals surface area (Å²) in [6.07, 6.45) is 1.57. The van der Waals surface area contributed by atoms with E-state index in [-0.39, 0.29) is 18.1 Å². The molecule has 1 heterocycles. The van der Waals surface area contributed by atoms with E-state index < -0.39 is 0 Å². The largest absolute Gasteiger partial charge is 0.507 e. The number of carbonyl (C=O) groups is 1. The van der Waals surface area contributed by atoms with Crippen LogP contribution in [-0.2, 0) is 16.0 Å². The lowest BCUT2D eigenvalue weighted by Crippen LogP contribution is -2.07. The predicted octanol–water partition coefficient (Wildman–Crippen LogP) is 2.24. The van der Waals surface area contributed by atoms with Crippen molar-refractivity contribution in [3.05, 3.63) is 30.0 Å². The molecule has 0 aliphatic carbocycles. The fourth-order valence-corrected chi connectivity index (χ4v) is 1.58. The fourth-order valence-electron chi connectivity index (χ4n) is 1.58. The van der Waals surface area contributed by atoms with E-state index in [2.05, 4.69) is 0 Å². The Hall–Kier alpha value is -1.97. The van der Waals surface area contributed by atoms with E-state index in [1.807, 2.05) is 0 Å². The highest BCUT2D eigenvalue weighted by atomic mass is 16.5. The summed E-state index contributed by atoms with van der Waals surface area (Å²) in [7, 11) is 0. The Kier molecular flexibility index (Phi) is 2.81. The maximum absolute atomic E-state index is 11.3. The Bertz CT molecular complexity index is 513. The quantitative estimate of drug-likeness (QED) is 0.806. The Morgan fingerprint density at radius 1 is 1.44 bits per heavy atom. The van der Waals surface area contributed by atoms with Gasteiger partial charge in [-0.3, -0.25) is 4.79 Å². The number of phenolic OH excluding ortho intramolecular Hbond substituents is 1. The van der Waals surface area contributed by atoms with E-state index in [0.29, 0.717) is 23.1 Å². The van der Waals surface area contributed by atoms with Crippen LogP contribution in [0.25, 0.3) is 11.0 Å². The van der Waals surface area contributed by atoms with Crippen molar-refractivity contribution in [1.82, 2.24) is 0 Å². The second-order valence-corrected chi connectivity index (χ2v) is 3.39. The predicted molar refractivity (Wildman–Crippen MR) is 58.2 cm³/mol.